The van der Waals surface area contributed by atoms with Crippen molar-refractivity contribution in [3.05, 3.63) is 35.6 Å². The second-order valence-corrected chi connectivity index (χ2v) is 7.95. The molecular weight excluding hydrogens is 355 g/mol. The van der Waals surface area contributed by atoms with E-state index in [1.165, 1.54) is 18.4 Å². The lowest BCUT2D eigenvalue weighted by atomic mass is 9.79. The van der Waals surface area contributed by atoms with Gasteiger partial charge in [-0.1, -0.05) is 25.0 Å². The van der Waals surface area contributed by atoms with E-state index in [2.05, 4.69) is 17.6 Å². The molecule has 1 heterocycles. The largest absolute Gasteiger partial charge is 0.357 e. The number of carbonyl (C=O) groups is 1. The molecule has 1 saturated heterocycles. The number of halogens is 1. The van der Waals surface area contributed by atoms with Gasteiger partial charge in [0.25, 0.3) is 0 Å². The topological polar surface area (TPSA) is 56.7 Å². The monoisotopic (exact) mass is 388 g/mol. The van der Waals surface area contributed by atoms with Crippen LogP contribution in [0.4, 0.5) is 4.39 Å². The number of benzene rings is 1. The summed E-state index contributed by atoms with van der Waals surface area (Å²) in [4.78, 5) is 18.5. The molecule has 2 fully saturated rings. The minimum atomic E-state index is -0.188. The second-order valence-electron chi connectivity index (χ2n) is 7.95. The summed E-state index contributed by atoms with van der Waals surface area (Å²) >= 11 is 0. The first kappa shape index (κ1) is 20.6. The Kier molecular flexibility index (Phi) is 7.29. The van der Waals surface area contributed by atoms with Crippen LogP contribution in [-0.2, 0) is 10.2 Å². The van der Waals surface area contributed by atoms with Crippen molar-refractivity contribution in [2.75, 3.05) is 32.7 Å². The zero-order valence-electron chi connectivity index (χ0n) is 17.0. The predicted molar refractivity (Wildman–Crippen MR) is 111 cm³/mol. The molecule has 2 aliphatic rings. The Morgan fingerprint density at radius 2 is 1.93 bits per heavy atom. The molecule has 6 heteroatoms. The number of likely N-dealkylation sites (tertiary alicyclic amines) is 1. The van der Waals surface area contributed by atoms with Crippen molar-refractivity contribution in [3.8, 4) is 0 Å². The molecule has 1 amide bonds. The Hall–Kier alpha value is -2.11. The quantitative estimate of drug-likeness (QED) is 0.408. The van der Waals surface area contributed by atoms with Crippen LogP contribution in [0.5, 0.6) is 0 Å². The number of amides is 1. The highest BCUT2D eigenvalue weighted by Crippen LogP contribution is 2.41. The molecular formula is C22H33FN4O. The first-order valence-corrected chi connectivity index (χ1v) is 10.7. The highest BCUT2D eigenvalue weighted by Gasteiger charge is 2.35. The number of hydrogen-bond donors (Lipinski definition) is 2. The SMILES string of the molecule is CCNC(=NCC1(c2ccc(F)cc2)CCCC1)NCCCN1CCCC1=O. The van der Waals surface area contributed by atoms with Crippen molar-refractivity contribution in [1.82, 2.24) is 15.5 Å². The average Bonchev–Trinajstić information content (AvgIpc) is 3.33. The minimum Gasteiger partial charge on any atom is -0.357 e. The van der Waals surface area contributed by atoms with E-state index in [-0.39, 0.29) is 17.1 Å². The van der Waals surface area contributed by atoms with Gasteiger partial charge in [-0.25, -0.2) is 4.39 Å². The Morgan fingerprint density at radius 1 is 1.18 bits per heavy atom. The Bertz CT molecular complexity index is 668. The summed E-state index contributed by atoms with van der Waals surface area (Å²) in [5.41, 5.74) is 1.21. The molecule has 1 aliphatic carbocycles. The number of rotatable bonds is 8. The number of aliphatic imine (C=N–C) groups is 1. The van der Waals surface area contributed by atoms with Gasteiger partial charge in [0.1, 0.15) is 5.82 Å². The summed E-state index contributed by atoms with van der Waals surface area (Å²) in [5.74, 6) is 0.915. The van der Waals surface area contributed by atoms with Gasteiger partial charge in [-0.3, -0.25) is 9.79 Å². The third-order valence-electron chi connectivity index (χ3n) is 5.97. The lowest BCUT2D eigenvalue weighted by molar-refractivity contribution is -0.127. The first-order chi connectivity index (χ1) is 13.6. The fourth-order valence-electron chi connectivity index (χ4n) is 4.38. The Morgan fingerprint density at radius 3 is 2.57 bits per heavy atom. The molecule has 0 spiro atoms. The maximum atomic E-state index is 13.3. The highest BCUT2D eigenvalue weighted by molar-refractivity contribution is 5.80. The van der Waals surface area contributed by atoms with E-state index in [0.717, 1.165) is 57.8 Å². The van der Waals surface area contributed by atoms with Crippen LogP contribution in [0.25, 0.3) is 0 Å². The van der Waals surface area contributed by atoms with Gasteiger partial charge >= 0.3 is 0 Å². The summed E-state index contributed by atoms with van der Waals surface area (Å²) in [5, 5.41) is 6.72. The molecule has 28 heavy (non-hydrogen) atoms. The minimum absolute atomic E-state index is 0.0119. The summed E-state index contributed by atoms with van der Waals surface area (Å²) in [6.07, 6.45) is 7.18. The molecule has 0 atom stereocenters. The summed E-state index contributed by atoms with van der Waals surface area (Å²) in [6.45, 7) is 6.07. The summed E-state index contributed by atoms with van der Waals surface area (Å²) in [6, 6.07) is 6.96. The van der Waals surface area contributed by atoms with Gasteiger partial charge in [0.05, 0.1) is 6.54 Å². The van der Waals surface area contributed by atoms with E-state index in [0.29, 0.717) is 13.0 Å². The molecule has 154 valence electrons. The summed E-state index contributed by atoms with van der Waals surface area (Å²) in [7, 11) is 0. The summed E-state index contributed by atoms with van der Waals surface area (Å²) < 4.78 is 13.3. The Labute approximate surface area is 167 Å². The molecule has 1 aliphatic heterocycles. The third-order valence-corrected chi connectivity index (χ3v) is 5.97. The van der Waals surface area contributed by atoms with Gasteiger partial charge in [0.2, 0.25) is 5.91 Å². The van der Waals surface area contributed by atoms with Crippen LogP contribution >= 0.6 is 0 Å². The van der Waals surface area contributed by atoms with Crippen LogP contribution in [0.1, 0.15) is 57.4 Å². The van der Waals surface area contributed by atoms with E-state index < -0.39 is 0 Å². The van der Waals surface area contributed by atoms with Crippen LogP contribution in [0.15, 0.2) is 29.3 Å². The number of hydrogen-bond acceptors (Lipinski definition) is 2. The van der Waals surface area contributed by atoms with Crippen LogP contribution in [0.2, 0.25) is 0 Å². The standard InChI is InChI=1S/C22H33FN4O/c1-2-24-21(25-14-6-16-27-15-5-7-20(27)28)26-17-22(12-3-4-13-22)18-8-10-19(23)11-9-18/h8-11H,2-7,12-17H2,1H3,(H2,24,25,26). The van der Waals surface area contributed by atoms with Crippen molar-refractivity contribution in [1.29, 1.82) is 0 Å². The zero-order valence-corrected chi connectivity index (χ0v) is 17.0. The Balaban J connectivity index is 1.57. The van der Waals surface area contributed by atoms with Gasteiger partial charge < -0.3 is 15.5 Å². The molecule has 0 aromatic heterocycles. The molecule has 1 aromatic rings. The van der Waals surface area contributed by atoms with Crippen molar-refractivity contribution in [3.63, 3.8) is 0 Å². The van der Waals surface area contributed by atoms with E-state index in [4.69, 9.17) is 4.99 Å². The van der Waals surface area contributed by atoms with E-state index in [1.54, 1.807) is 12.1 Å². The van der Waals surface area contributed by atoms with Crippen LogP contribution in [-0.4, -0.2) is 49.5 Å². The predicted octanol–water partition coefficient (Wildman–Crippen LogP) is 3.21. The average molecular weight is 389 g/mol. The van der Waals surface area contributed by atoms with Crippen molar-refractivity contribution < 1.29 is 9.18 Å². The van der Waals surface area contributed by atoms with Crippen LogP contribution in [0, 0.1) is 5.82 Å². The van der Waals surface area contributed by atoms with Gasteiger partial charge in [-0.05, 0) is 50.3 Å². The van der Waals surface area contributed by atoms with Gasteiger partial charge in [0.15, 0.2) is 5.96 Å². The van der Waals surface area contributed by atoms with Gasteiger partial charge in [0, 0.05) is 38.0 Å². The van der Waals surface area contributed by atoms with Crippen molar-refractivity contribution in [2.45, 2.75) is 57.3 Å². The number of nitrogens with one attached hydrogen (secondary N) is 2. The maximum Gasteiger partial charge on any atom is 0.222 e. The number of carbonyl (C=O) groups excluding carboxylic acids is 1. The second kappa shape index (κ2) is 9.89. The van der Waals surface area contributed by atoms with Crippen molar-refractivity contribution in [2.24, 2.45) is 4.99 Å². The lowest BCUT2D eigenvalue weighted by Gasteiger charge is -2.28. The van der Waals surface area contributed by atoms with Crippen molar-refractivity contribution >= 4 is 11.9 Å². The number of nitrogens with zero attached hydrogens (tertiary/aromatic N) is 2. The van der Waals surface area contributed by atoms with Crippen LogP contribution < -0.4 is 10.6 Å². The fourth-order valence-corrected chi connectivity index (χ4v) is 4.38. The lowest BCUT2D eigenvalue weighted by Crippen LogP contribution is -2.40. The van der Waals surface area contributed by atoms with Crippen LogP contribution in [0.3, 0.4) is 0 Å². The maximum absolute atomic E-state index is 13.3. The van der Waals surface area contributed by atoms with E-state index >= 15 is 0 Å². The molecule has 2 N–H and O–H groups in total. The molecule has 5 nitrogen and oxygen atoms in total. The highest BCUT2D eigenvalue weighted by atomic mass is 19.1. The normalized spacial score (nSPS) is 19.3. The van der Waals surface area contributed by atoms with Gasteiger partial charge in [-0.15, -0.1) is 0 Å². The van der Waals surface area contributed by atoms with Gasteiger partial charge in [-0.2, -0.15) is 0 Å². The smallest absolute Gasteiger partial charge is 0.222 e. The zero-order chi connectivity index (χ0) is 19.8. The molecule has 0 unspecified atom stereocenters. The molecule has 0 radical (unpaired) electrons. The molecule has 1 aromatic carbocycles. The molecule has 0 bridgehead atoms. The van der Waals surface area contributed by atoms with E-state index in [9.17, 15) is 9.18 Å². The number of guanidine groups is 1. The first-order valence-electron chi connectivity index (χ1n) is 10.7. The molecule has 1 saturated carbocycles. The fraction of sp³-hybridized carbons (Fsp3) is 0.636. The third kappa shape index (κ3) is 5.24. The van der Waals surface area contributed by atoms with E-state index in [1.807, 2.05) is 17.0 Å². The molecule has 3 rings (SSSR count).